The van der Waals surface area contributed by atoms with Gasteiger partial charge >= 0.3 is 0 Å². The third-order valence-corrected chi connectivity index (χ3v) is 1.77. The van der Waals surface area contributed by atoms with Crippen LogP contribution in [-0.2, 0) is 13.0 Å². The molecule has 0 aliphatic carbocycles. The van der Waals surface area contributed by atoms with Crippen LogP contribution >= 0.6 is 0 Å². The molecule has 0 radical (unpaired) electrons. The molecule has 62 valence electrons. The standard InChI is InChI=1S/C10H11NO/c1-2-8-3-9(6-11)5-10(4-8)7-12/h3-5,12H,2,7H2,1H3. The van der Waals surface area contributed by atoms with Gasteiger partial charge in [-0.25, -0.2) is 0 Å². The van der Waals surface area contributed by atoms with Crippen molar-refractivity contribution >= 4 is 0 Å². The first-order valence-corrected chi connectivity index (χ1v) is 3.94. The molecule has 0 saturated heterocycles. The first-order valence-electron chi connectivity index (χ1n) is 3.94. The van der Waals surface area contributed by atoms with Gasteiger partial charge < -0.3 is 5.11 Å². The molecule has 0 atom stereocenters. The molecule has 0 bridgehead atoms. The third kappa shape index (κ3) is 1.84. The lowest BCUT2D eigenvalue weighted by atomic mass is 10.1. The number of nitrogens with zero attached hydrogens (tertiary/aromatic N) is 1. The van der Waals surface area contributed by atoms with E-state index in [9.17, 15) is 0 Å². The van der Waals surface area contributed by atoms with Crippen LogP contribution in [0.15, 0.2) is 18.2 Å². The third-order valence-electron chi connectivity index (χ3n) is 1.77. The molecule has 0 aliphatic rings. The van der Waals surface area contributed by atoms with Crippen LogP contribution in [-0.4, -0.2) is 5.11 Å². The van der Waals surface area contributed by atoms with Gasteiger partial charge in [-0.1, -0.05) is 13.0 Å². The number of rotatable bonds is 2. The van der Waals surface area contributed by atoms with Crippen LogP contribution in [0.25, 0.3) is 0 Å². The number of benzene rings is 1. The Bertz CT molecular complexity index is 290. The Kier molecular flexibility index (Phi) is 2.84. The first kappa shape index (κ1) is 8.76. The number of aryl methyl sites for hydroxylation is 1. The fourth-order valence-electron chi connectivity index (χ4n) is 1.12. The van der Waals surface area contributed by atoms with Crippen molar-refractivity contribution in [3.63, 3.8) is 0 Å². The molecule has 0 saturated carbocycles. The number of hydrogen-bond acceptors (Lipinski definition) is 2. The largest absolute Gasteiger partial charge is 0.392 e. The molecule has 0 spiro atoms. The second-order valence-corrected chi connectivity index (χ2v) is 2.66. The molecule has 2 heteroatoms. The molecule has 0 heterocycles. The van der Waals surface area contributed by atoms with Crippen LogP contribution < -0.4 is 0 Å². The molecule has 1 aromatic carbocycles. The first-order chi connectivity index (χ1) is 5.80. The summed E-state index contributed by atoms with van der Waals surface area (Å²) < 4.78 is 0. The summed E-state index contributed by atoms with van der Waals surface area (Å²) in [5.41, 5.74) is 2.53. The van der Waals surface area contributed by atoms with E-state index in [0.29, 0.717) is 5.56 Å². The minimum Gasteiger partial charge on any atom is -0.392 e. The Morgan fingerprint density at radius 1 is 1.33 bits per heavy atom. The molecule has 0 aromatic heterocycles. The minimum atomic E-state index is 0.00250. The minimum absolute atomic E-state index is 0.00250. The van der Waals surface area contributed by atoms with Gasteiger partial charge in [0.1, 0.15) is 0 Å². The zero-order valence-corrected chi connectivity index (χ0v) is 7.04. The van der Waals surface area contributed by atoms with E-state index >= 15 is 0 Å². The lowest BCUT2D eigenvalue weighted by Crippen LogP contribution is -1.89. The van der Waals surface area contributed by atoms with Crippen LogP contribution in [0.1, 0.15) is 23.6 Å². The predicted molar refractivity (Wildman–Crippen MR) is 46.5 cm³/mol. The van der Waals surface area contributed by atoms with Gasteiger partial charge in [0.05, 0.1) is 18.2 Å². The number of hydrogen-bond donors (Lipinski definition) is 1. The summed E-state index contributed by atoms with van der Waals surface area (Å²) in [6.07, 6.45) is 0.891. The van der Waals surface area contributed by atoms with Crippen molar-refractivity contribution in [3.05, 3.63) is 34.9 Å². The van der Waals surface area contributed by atoms with Gasteiger partial charge in [0.2, 0.25) is 0 Å². The molecule has 1 N–H and O–H groups in total. The normalized spacial score (nSPS) is 9.42. The van der Waals surface area contributed by atoms with Crippen molar-refractivity contribution in [1.29, 1.82) is 5.26 Å². The fraction of sp³-hybridized carbons (Fsp3) is 0.300. The summed E-state index contributed by atoms with van der Waals surface area (Å²) in [5.74, 6) is 0. The summed E-state index contributed by atoms with van der Waals surface area (Å²) in [6.45, 7) is 2.03. The summed E-state index contributed by atoms with van der Waals surface area (Å²) in [4.78, 5) is 0. The number of aliphatic hydroxyl groups is 1. The molecule has 12 heavy (non-hydrogen) atoms. The van der Waals surface area contributed by atoms with Gasteiger partial charge in [0.15, 0.2) is 0 Å². The second kappa shape index (κ2) is 3.89. The van der Waals surface area contributed by atoms with E-state index in [0.717, 1.165) is 17.5 Å². The van der Waals surface area contributed by atoms with Crippen LogP contribution in [0.4, 0.5) is 0 Å². The van der Waals surface area contributed by atoms with Gasteiger partial charge in [0.25, 0.3) is 0 Å². The molecule has 0 aliphatic heterocycles. The molecule has 1 aromatic rings. The smallest absolute Gasteiger partial charge is 0.0991 e. The zero-order chi connectivity index (χ0) is 8.97. The van der Waals surface area contributed by atoms with Crippen molar-refractivity contribution in [2.45, 2.75) is 20.0 Å². The van der Waals surface area contributed by atoms with E-state index in [4.69, 9.17) is 10.4 Å². The highest BCUT2D eigenvalue weighted by Gasteiger charge is 1.97. The number of nitriles is 1. The van der Waals surface area contributed by atoms with Crippen molar-refractivity contribution in [1.82, 2.24) is 0 Å². The van der Waals surface area contributed by atoms with Crippen LogP contribution in [0.3, 0.4) is 0 Å². The quantitative estimate of drug-likeness (QED) is 0.716. The Labute approximate surface area is 72.1 Å². The highest BCUT2D eigenvalue weighted by molar-refractivity contribution is 5.37. The molecule has 0 unspecified atom stereocenters. The van der Waals surface area contributed by atoms with E-state index in [1.54, 1.807) is 6.07 Å². The Hall–Kier alpha value is -1.33. The Morgan fingerprint density at radius 3 is 2.50 bits per heavy atom. The van der Waals surface area contributed by atoms with Gasteiger partial charge in [-0.15, -0.1) is 0 Å². The van der Waals surface area contributed by atoms with Crippen molar-refractivity contribution in [2.75, 3.05) is 0 Å². The van der Waals surface area contributed by atoms with Crippen molar-refractivity contribution in [2.24, 2.45) is 0 Å². The molecule has 1 rings (SSSR count). The second-order valence-electron chi connectivity index (χ2n) is 2.66. The zero-order valence-electron chi connectivity index (χ0n) is 7.04. The maximum absolute atomic E-state index is 8.87. The molecule has 0 amide bonds. The maximum Gasteiger partial charge on any atom is 0.0991 e. The number of aliphatic hydroxyl groups excluding tert-OH is 1. The molecular weight excluding hydrogens is 150 g/mol. The molecule has 0 fully saturated rings. The van der Waals surface area contributed by atoms with Gasteiger partial charge in [-0.3, -0.25) is 0 Å². The van der Waals surface area contributed by atoms with E-state index in [-0.39, 0.29) is 6.61 Å². The Balaban J connectivity index is 3.12. The average molecular weight is 161 g/mol. The van der Waals surface area contributed by atoms with Crippen LogP contribution in [0.5, 0.6) is 0 Å². The SMILES string of the molecule is CCc1cc(C#N)cc(CO)c1. The monoisotopic (exact) mass is 161 g/mol. The summed E-state index contributed by atoms with van der Waals surface area (Å²) >= 11 is 0. The summed E-state index contributed by atoms with van der Waals surface area (Å²) in [7, 11) is 0. The topological polar surface area (TPSA) is 44.0 Å². The van der Waals surface area contributed by atoms with Crippen molar-refractivity contribution < 1.29 is 5.11 Å². The fourth-order valence-corrected chi connectivity index (χ4v) is 1.12. The van der Waals surface area contributed by atoms with Gasteiger partial charge in [-0.05, 0) is 29.7 Å². The lowest BCUT2D eigenvalue weighted by Gasteiger charge is -2.01. The summed E-state index contributed by atoms with van der Waals surface area (Å²) in [6, 6.07) is 7.54. The summed E-state index contributed by atoms with van der Waals surface area (Å²) in [5, 5.41) is 17.5. The van der Waals surface area contributed by atoms with E-state index in [1.807, 2.05) is 19.1 Å². The predicted octanol–water partition coefficient (Wildman–Crippen LogP) is 1.61. The van der Waals surface area contributed by atoms with E-state index in [1.165, 1.54) is 0 Å². The maximum atomic E-state index is 8.87. The van der Waals surface area contributed by atoms with E-state index < -0.39 is 0 Å². The van der Waals surface area contributed by atoms with Gasteiger partial charge in [-0.2, -0.15) is 5.26 Å². The van der Waals surface area contributed by atoms with Gasteiger partial charge in [0, 0.05) is 0 Å². The lowest BCUT2D eigenvalue weighted by molar-refractivity contribution is 0.281. The van der Waals surface area contributed by atoms with E-state index in [2.05, 4.69) is 6.07 Å². The van der Waals surface area contributed by atoms with Crippen LogP contribution in [0, 0.1) is 11.3 Å². The van der Waals surface area contributed by atoms with Crippen LogP contribution in [0.2, 0.25) is 0 Å². The Morgan fingerprint density at radius 2 is 2.00 bits per heavy atom. The molecule has 2 nitrogen and oxygen atoms in total. The highest BCUT2D eigenvalue weighted by Crippen LogP contribution is 2.10. The average Bonchev–Trinajstić information content (AvgIpc) is 2.16. The highest BCUT2D eigenvalue weighted by atomic mass is 16.3. The van der Waals surface area contributed by atoms with Crippen molar-refractivity contribution in [3.8, 4) is 6.07 Å². The molecular formula is C10H11NO.